The van der Waals surface area contributed by atoms with E-state index in [9.17, 15) is 4.79 Å². The molecule has 0 aromatic heterocycles. The minimum Gasteiger partial charge on any atom is -0.381 e. The quantitative estimate of drug-likeness (QED) is 0.711. The molecule has 4 heteroatoms. The van der Waals surface area contributed by atoms with Crippen LogP contribution < -0.4 is 10.6 Å². The third kappa shape index (κ3) is 2.18. The predicted molar refractivity (Wildman–Crippen MR) is 53.1 cm³/mol. The van der Waals surface area contributed by atoms with Crippen LogP contribution in [0.3, 0.4) is 0 Å². The second kappa shape index (κ2) is 4.17. The Bertz CT molecular complexity index is 210. The van der Waals surface area contributed by atoms with Crippen molar-refractivity contribution >= 4 is 6.03 Å². The molecule has 2 N–H and O–H groups in total. The predicted octanol–water partition coefficient (Wildman–Crippen LogP) is 1.02. The Morgan fingerprint density at radius 2 is 1.86 bits per heavy atom. The second-order valence-corrected chi connectivity index (χ2v) is 4.27. The Balaban J connectivity index is 1.58. The van der Waals surface area contributed by atoms with Crippen LogP contribution in [-0.2, 0) is 4.74 Å². The molecule has 2 aliphatic carbocycles. The van der Waals surface area contributed by atoms with Crippen molar-refractivity contribution in [1.82, 2.24) is 10.6 Å². The molecule has 0 aromatic rings. The van der Waals surface area contributed by atoms with Gasteiger partial charge in [-0.2, -0.15) is 0 Å². The molecule has 0 aliphatic heterocycles. The van der Waals surface area contributed by atoms with Gasteiger partial charge >= 0.3 is 6.03 Å². The number of rotatable bonds is 3. The fraction of sp³-hybridized carbons (Fsp3) is 0.900. The van der Waals surface area contributed by atoms with E-state index in [1.807, 2.05) is 0 Å². The van der Waals surface area contributed by atoms with E-state index in [-0.39, 0.29) is 6.03 Å². The molecule has 0 bridgehead atoms. The van der Waals surface area contributed by atoms with Crippen molar-refractivity contribution in [3.63, 3.8) is 0 Å². The van der Waals surface area contributed by atoms with Crippen LogP contribution in [0.15, 0.2) is 0 Å². The standard InChI is InChI=1S/C10H18N2O2/c1-14-9-5-8(6-9)12-10(13)11-7-3-2-4-7/h7-9H,2-6H2,1H3,(H2,11,12,13). The van der Waals surface area contributed by atoms with Crippen molar-refractivity contribution in [2.75, 3.05) is 7.11 Å². The van der Waals surface area contributed by atoms with Crippen molar-refractivity contribution in [2.45, 2.75) is 50.3 Å². The van der Waals surface area contributed by atoms with E-state index in [2.05, 4.69) is 10.6 Å². The summed E-state index contributed by atoms with van der Waals surface area (Å²) in [6.07, 6.45) is 5.78. The minimum atomic E-state index is -0.00532. The van der Waals surface area contributed by atoms with E-state index in [1.54, 1.807) is 7.11 Å². The van der Waals surface area contributed by atoms with Gasteiger partial charge in [0.25, 0.3) is 0 Å². The zero-order valence-corrected chi connectivity index (χ0v) is 8.58. The molecule has 2 aliphatic rings. The Morgan fingerprint density at radius 3 is 2.36 bits per heavy atom. The summed E-state index contributed by atoms with van der Waals surface area (Å²) in [6.45, 7) is 0. The highest BCUT2D eigenvalue weighted by Gasteiger charge is 2.30. The van der Waals surface area contributed by atoms with E-state index in [0.717, 1.165) is 25.7 Å². The van der Waals surface area contributed by atoms with Crippen LogP contribution in [0.4, 0.5) is 4.79 Å². The Labute approximate surface area is 84.4 Å². The number of nitrogens with one attached hydrogen (secondary N) is 2. The molecule has 14 heavy (non-hydrogen) atoms. The number of carbonyl (C=O) groups is 1. The lowest BCUT2D eigenvalue weighted by Crippen LogP contribution is -2.53. The number of carbonyl (C=O) groups excluding carboxylic acids is 1. The van der Waals surface area contributed by atoms with Crippen molar-refractivity contribution in [2.24, 2.45) is 0 Å². The largest absolute Gasteiger partial charge is 0.381 e. The molecule has 0 spiro atoms. The first kappa shape index (κ1) is 9.77. The van der Waals surface area contributed by atoms with Crippen LogP contribution in [-0.4, -0.2) is 31.3 Å². The fourth-order valence-corrected chi connectivity index (χ4v) is 1.84. The van der Waals surface area contributed by atoms with E-state index in [4.69, 9.17) is 4.74 Å². The second-order valence-electron chi connectivity index (χ2n) is 4.27. The first-order valence-corrected chi connectivity index (χ1v) is 5.37. The summed E-state index contributed by atoms with van der Waals surface area (Å²) < 4.78 is 5.14. The van der Waals surface area contributed by atoms with Crippen LogP contribution in [0.2, 0.25) is 0 Å². The highest BCUT2D eigenvalue weighted by atomic mass is 16.5. The molecule has 0 heterocycles. The molecule has 0 atom stereocenters. The summed E-state index contributed by atoms with van der Waals surface area (Å²) in [5, 5.41) is 5.91. The molecular weight excluding hydrogens is 180 g/mol. The number of hydrogen-bond donors (Lipinski definition) is 2. The van der Waals surface area contributed by atoms with Gasteiger partial charge in [0.2, 0.25) is 0 Å². The molecule has 2 fully saturated rings. The zero-order chi connectivity index (χ0) is 9.97. The summed E-state index contributed by atoms with van der Waals surface area (Å²) in [7, 11) is 1.72. The van der Waals surface area contributed by atoms with Crippen LogP contribution in [0.25, 0.3) is 0 Å². The molecule has 0 unspecified atom stereocenters. The van der Waals surface area contributed by atoms with Crippen LogP contribution >= 0.6 is 0 Å². The van der Waals surface area contributed by atoms with E-state index < -0.39 is 0 Å². The first-order chi connectivity index (χ1) is 6.78. The van der Waals surface area contributed by atoms with Gasteiger partial charge in [0, 0.05) is 19.2 Å². The van der Waals surface area contributed by atoms with Gasteiger partial charge in [-0.1, -0.05) is 0 Å². The third-order valence-electron chi connectivity index (χ3n) is 3.20. The normalized spacial score (nSPS) is 31.5. The van der Waals surface area contributed by atoms with E-state index in [0.29, 0.717) is 18.2 Å². The lowest BCUT2D eigenvalue weighted by molar-refractivity contribution is 0.0204. The molecule has 80 valence electrons. The highest BCUT2D eigenvalue weighted by molar-refractivity contribution is 5.74. The van der Waals surface area contributed by atoms with Crippen LogP contribution in [0.1, 0.15) is 32.1 Å². The number of hydrogen-bond acceptors (Lipinski definition) is 2. The molecule has 0 aromatic carbocycles. The number of methoxy groups -OCH3 is 1. The summed E-state index contributed by atoms with van der Waals surface area (Å²) in [4.78, 5) is 11.4. The first-order valence-electron chi connectivity index (χ1n) is 5.37. The molecule has 2 saturated carbocycles. The summed E-state index contributed by atoms with van der Waals surface area (Å²) in [6, 6.07) is 0.738. The average Bonchev–Trinajstić information content (AvgIpc) is 2.03. The maximum absolute atomic E-state index is 11.4. The van der Waals surface area contributed by atoms with Gasteiger partial charge in [-0.05, 0) is 32.1 Å². The fourth-order valence-electron chi connectivity index (χ4n) is 1.84. The van der Waals surface area contributed by atoms with Crippen LogP contribution in [0.5, 0.6) is 0 Å². The molecule has 4 nitrogen and oxygen atoms in total. The monoisotopic (exact) mass is 198 g/mol. The van der Waals surface area contributed by atoms with Gasteiger partial charge in [0.15, 0.2) is 0 Å². The van der Waals surface area contributed by atoms with Crippen molar-refractivity contribution < 1.29 is 9.53 Å². The van der Waals surface area contributed by atoms with Gasteiger partial charge in [0.05, 0.1) is 6.10 Å². The number of ether oxygens (including phenoxy) is 1. The molecule has 0 saturated heterocycles. The van der Waals surface area contributed by atoms with Gasteiger partial charge in [-0.3, -0.25) is 0 Å². The number of urea groups is 1. The topological polar surface area (TPSA) is 50.4 Å². The zero-order valence-electron chi connectivity index (χ0n) is 8.58. The highest BCUT2D eigenvalue weighted by Crippen LogP contribution is 2.22. The van der Waals surface area contributed by atoms with Crippen molar-refractivity contribution in [1.29, 1.82) is 0 Å². The Hall–Kier alpha value is -0.770. The molecule has 2 rings (SSSR count). The van der Waals surface area contributed by atoms with Crippen molar-refractivity contribution in [3.05, 3.63) is 0 Å². The van der Waals surface area contributed by atoms with Gasteiger partial charge < -0.3 is 15.4 Å². The van der Waals surface area contributed by atoms with E-state index >= 15 is 0 Å². The molecule has 2 amide bonds. The average molecular weight is 198 g/mol. The van der Waals surface area contributed by atoms with Gasteiger partial charge in [0.1, 0.15) is 0 Å². The Morgan fingerprint density at radius 1 is 1.21 bits per heavy atom. The van der Waals surface area contributed by atoms with E-state index in [1.165, 1.54) is 6.42 Å². The van der Waals surface area contributed by atoms with Crippen molar-refractivity contribution in [3.8, 4) is 0 Å². The summed E-state index contributed by atoms with van der Waals surface area (Å²) in [5.41, 5.74) is 0. The summed E-state index contributed by atoms with van der Waals surface area (Å²) in [5.74, 6) is 0. The summed E-state index contributed by atoms with van der Waals surface area (Å²) >= 11 is 0. The van der Waals surface area contributed by atoms with Crippen LogP contribution in [0, 0.1) is 0 Å². The third-order valence-corrected chi connectivity index (χ3v) is 3.20. The lowest BCUT2D eigenvalue weighted by Gasteiger charge is -2.35. The maximum Gasteiger partial charge on any atom is 0.315 e. The molecular formula is C10H18N2O2. The molecule has 0 radical (unpaired) electrons. The van der Waals surface area contributed by atoms with Gasteiger partial charge in [-0.15, -0.1) is 0 Å². The van der Waals surface area contributed by atoms with Gasteiger partial charge in [-0.25, -0.2) is 4.79 Å². The number of amides is 2. The minimum absolute atomic E-state index is 0.00532. The maximum atomic E-state index is 11.4. The smallest absolute Gasteiger partial charge is 0.315 e. The SMILES string of the molecule is COC1CC(NC(=O)NC2CCC2)C1. The Kier molecular flexibility index (Phi) is 2.91. The lowest BCUT2D eigenvalue weighted by atomic mass is 9.89.